The first-order valence-electron chi connectivity index (χ1n) is 6.66. The van der Waals surface area contributed by atoms with Gasteiger partial charge in [0.05, 0.1) is 12.1 Å². The molecule has 0 aromatic carbocycles. The minimum absolute atomic E-state index is 0.274. The van der Waals surface area contributed by atoms with Crippen LogP contribution in [0.1, 0.15) is 30.7 Å². The largest absolute Gasteiger partial charge is 0.378 e. The van der Waals surface area contributed by atoms with Crippen LogP contribution < -0.4 is 5.73 Å². The van der Waals surface area contributed by atoms with Crippen LogP contribution in [0, 0.1) is 0 Å². The Morgan fingerprint density at radius 1 is 1.58 bits per heavy atom. The number of likely N-dealkylation sites (tertiary alicyclic amines) is 1. The van der Waals surface area contributed by atoms with E-state index < -0.39 is 0 Å². The Kier molecular flexibility index (Phi) is 6.11. The molecule has 0 spiro atoms. The zero-order chi connectivity index (χ0) is 13.8. The normalized spacial score (nSPS) is 19.8. The van der Waals surface area contributed by atoms with Crippen LogP contribution in [0.5, 0.6) is 0 Å². The van der Waals surface area contributed by atoms with E-state index in [1.54, 1.807) is 11.3 Å². The molecule has 0 saturated carbocycles. The van der Waals surface area contributed by atoms with Crippen molar-refractivity contribution >= 4 is 38.9 Å². The molecular weight excluding hydrogens is 348 g/mol. The molecule has 0 amide bonds. The molecular formula is C13H20BrClN2OS. The number of hydrogen-bond donors (Lipinski definition) is 1. The van der Waals surface area contributed by atoms with Crippen molar-refractivity contribution in [2.75, 3.05) is 26.2 Å². The Morgan fingerprint density at radius 2 is 2.26 bits per heavy atom. The third-order valence-electron chi connectivity index (χ3n) is 3.54. The molecule has 2 rings (SSSR count). The summed E-state index contributed by atoms with van der Waals surface area (Å²) in [6.07, 6.45) is 2.59. The second-order valence-corrected chi connectivity index (χ2v) is 7.25. The zero-order valence-corrected chi connectivity index (χ0v) is 14.2. The molecule has 19 heavy (non-hydrogen) atoms. The summed E-state index contributed by atoms with van der Waals surface area (Å²) in [4.78, 5) is 3.69. The topological polar surface area (TPSA) is 38.5 Å². The van der Waals surface area contributed by atoms with Crippen LogP contribution in [0.25, 0.3) is 0 Å². The first-order valence-corrected chi connectivity index (χ1v) is 8.64. The van der Waals surface area contributed by atoms with Crippen LogP contribution in [-0.2, 0) is 4.74 Å². The molecule has 1 unspecified atom stereocenters. The molecule has 1 aliphatic rings. The lowest BCUT2D eigenvalue weighted by molar-refractivity contribution is 0.00488. The maximum atomic E-state index is 6.13. The van der Waals surface area contributed by atoms with Gasteiger partial charge >= 0.3 is 0 Å². The van der Waals surface area contributed by atoms with Gasteiger partial charge in [0.1, 0.15) is 4.34 Å². The van der Waals surface area contributed by atoms with Crippen molar-refractivity contribution in [3.05, 3.63) is 19.8 Å². The first kappa shape index (κ1) is 15.7. The van der Waals surface area contributed by atoms with Crippen molar-refractivity contribution in [2.24, 2.45) is 5.73 Å². The van der Waals surface area contributed by atoms with Gasteiger partial charge in [-0.05, 0) is 41.8 Å². The molecule has 1 saturated heterocycles. The van der Waals surface area contributed by atoms with Crippen molar-refractivity contribution < 1.29 is 4.74 Å². The fourth-order valence-corrected chi connectivity index (χ4v) is 4.45. The minimum Gasteiger partial charge on any atom is -0.378 e. The van der Waals surface area contributed by atoms with E-state index in [4.69, 9.17) is 22.1 Å². The van der Waals surface area contributed by atoms with Gasteiger partial charge in [-0.3, -0.25) is 4.90 Å². The Labute approximate surface area is 132 Å². The Bertz CT molecular complexity index is 388. The summed E-state index contributed by atoms with van der Waals surface area (Å²) in [6, 6.07) is 2.37. The van der Waals surface area contributed by atoms with Gasteiger partial charge in [-0.25, -0.2) is 0 Å². The van der Waals surface area contributed by atoms with Crippen LogP contribution >= 0.6 is 38.9 Å². The van der Waals surface area contributed by atoms with Gasteiger partial charge in [-0.1, -0.05) is 11.6 Å². The number of nitrogens with two attached hydrogens (primary N) is 1. The molecule has 0 aliphatic carbocycles. The van der Waals surface area contributed by atoms with Gasteiger partial charge in [-0.2, -0.15) is 0 Å². The molecule has 1 fully saturated rings. The van der Waals surface area contributed by atoms with Crippen LogP contribution in [0.4, 0.5) is 0 Å². The molecule has 1 aromatic heterocycles. The van der Waals surface area contributed by atoms with E-state index in [1.807, 2.05) is 0 Å². The average molecular weight is 368 g/mol. The fraction of sp³-hybridized carbons (Fsp3) is 0.692. The number of rotatable bonds is 5. The quantitative estimate of drug-likeness (QED) is 0.863. The van der Waals surface area contributed by atoms with Gasteiger partial charge in [0.2, 0.25) is 0 Å². The number of ether oxygens (including phenoxy) is 1. The summed E-state index contributed by atoms with van der Waals surface area (Å²) in [7, 11) is 0. The van der Waals surface area contributed by atoms with E-state index in [9.17, 15) is 0 Å². The molecule has 2 N–H and O–H groups in total. The Balaban J connectivity index is 1.99. The highest BCUT2D eigenvalue weighted by atomic mass is 79.9. The maximum absolute atomic E-state index is 6.13. The van der Waals surface area contributed by atoms with Crippen molar-refractivity contribution in [1.82, 2.24) is 4.90 Å². The lowest BCUT2D eigenvalue weighted by Gasteiger charge is -2.36. The van der Waals surface area contributed by atoms with Crippen LogP contribution in [0.2, 0.25) is 4.34 Å². The monoisotopic (exact) mass is 366 g/mol. The fourth-order valence-electron chi connectivity index (χ4n) is 2.56. The molecule has 3 nitrogen and oxygen atoms in total. The summed E-state index contributed by atoms with van der Waals surface area (Å²) in [5.41, 5.74) is 5.96. The van der Waals surface area contributed by atoms with E-state index in [2.05, 4.69) is 33.8 Å². The number of nitrogens with zero attached hydrogens (tertiary/aromatic N) is 1. The van der Waals surface area contributed by atoms with Crippen molar-refractivity contribution in [3.63, 3.8) is 0 Å². The van der Waals surface area contributed by atoms with Gasteiger partial charge < -0.3 is 10.5 Å². The highest BCUT2D eigenvalue weighted by molar-refractivity contribution is 9.10. The highest BCUT2D eigenvalue weighted by Crippen LogP contribution is 2.37. The summed E-state index contributed by atoms with van der Waals surface area (Å²) < 4.78 is 7.46. The summed E-state index contributed by atoms with van der Waals surface area (Å²) in [5.74, 6) is 0. The van der Waals surface area contributed by atoms with Crippen molar-refractivity contribution in [2.45, 2.75) is 31.9 Å². The van der Waals surface area contributed by atoms with Crippen LogP contribution in [0.15, 0.2) is 10.5 Å². The second-order valence-electron chi connectivity index (χ2n) is 4.71. The van der Waals surface area contributed by atoms with E-state index in [1.165, 1.54) is 4.88 Å². The van der Waals surface area contributed by atoms with Crippen LogP contribution in [-0.4, -0.2) is 37.2 Å². The highest BCUT2D eigenvalue weighted by Gasteiger charge is 2.27. The van der Waals surface area contributed by atoms with Crippen molar-refractivity contribution in [3.8, 4) is 0 Å². The second kappa shape index (κ2) is 7.38. The molecule has 108 valence electrons. The van der Waals surface area contributed by atoms with Crippen molar-refractivity contribution in [1.29, 1.82) is 0 Å². The smallest absolute Gasteiger partial charge is 0.107 e. The summed E-state index contributed by atoms with van der Waals surface area (Å²) in [6.45, 7) is 5.57. The molecule has 2 heterocycles. The molecule has 6 heteroatoms. The van der Waals surface area contributed by atoms with E-state index in [0.29, 0.717) is 12.6 Å². The van der Waals surface area contributed by atoms with E-state index >= 15 is 0 Å². The Morgan fingerprint density at radius 3 is 2.74 bits per heavy atom. The minimum atomic E-state index is 0.274. The number of halogens is 2. The maximum Gasteiger partial charge on any atom is 0.107 e. The first-order chi connectivity index (χ1) is 9.15. The number of piperidine rings is 1. The molecule has 1 aliphatic heterocycles. The van der Waals surface area contributed by atoms with E-state index in [-0.39, 0.29) is 6.04 Å². The number of thiophene rings is 1. The lowest BCUT2D eigenvalue weighted by Crippen LogP contribution is -2.41. The SMILES string of the molecule is CCOC1CCN(C(CN)c2cc(Br)c(Cl)s2)CC1. The van der Waals surface area contributed by atoms with Gasteiger partial charge in [0.15, 0.2) is 0 Å². The lowest BCUT2D eigenvalue weighted by atomic mass is 10.0. The van der Waals surface area contributed by atoms with Gasteiger partial charge in [0, 0.05) is 35.6 Å². The third kappa shape index (κ3) is 3.93. The standard InChI is InChI=1S/C13H20BrClN2OS/c1-2-18-9-3-5-17(6-4-9)11(8-16)12-7-10(14)13(15)19-12/h7,9,11H,2-6,8,16H2,1H3. The van der Waals surface area contributed by atoms with Gasteiger partial charge in [-0.15, -0.1) is 11.3 Å². The molecule has 1 atom stereocenters. The third-order valence-corrected chi connectivity index (χ3v) is 6.11. The van der Waals surface area contributed by atoms with Gasteiger partial charge in [0.25, 0.3) is 0 Å². The zero-order valence-electron chi connectivity index (χ0n) is 11.1. The predicted molar refractivity (Wildman–Crippen MR) is 85.0 cm³/mol. The van der Waals surface area contributed by atoms with E-state index in [0.717, 1.165) is 41.3 Å². The summed E-state index contributed by atoms with van der Waals surface area (Å²) >= 11 is 11.2. The Hall–Kier alpha value is 0.350. The molecule has 0 radical (unpaired) electrons. The molecule has 1 aromatic rings. The summed E-state index contributed by atoms with van der Waals surface area (Å²) in [5, 5.41) is 0. The predicted octanol–water partition coefficient (Wildman–Crippen LogP) is 3.66. The average Bonchev–Trinajstić information content (AvgIpc) is 2.73. The molecule has 0 bridgehead atoms. The van der Waals surface area contributed by atoms with Crippen LogP contribution in [0.3, 0.4) is 0 Å². The number of hydrogen-bond acceptors (Lipinski definition) is 4.